The fraction of sp³-hybridized carbons (Fsp3) is 0.435. The van der Waals surface area contributed by atoms with Crippen molar-refractivity contribution in [2.45, 2.75) is 37.4 Å². The number of ether oxygens (including phenoxy) is 2. The molecule has 1 heterocycles. The van der Waals surface area contributed by atoms with E-state index in [0.29, 0.717) is 38.2 Å². The van der Waals surface area contributed by atoms with E-state index in [2.05, 4.69) is 0 Å². The van der Waals surface area contributed by atoms with E-state index in [1.54, 1.807) is 24.1 Å². The molecular formula is C23H30N2O5S. The fourth-order valence-corrected chi connectivity index (χ4v) is 5.23. The van der Waals surface area contributed by atoms with Crippen LogP contribution in [0.4, 0.5) is 0 Å². The topological polar surface area (TPSA) is 76.2 Å². The third-order valence-corrected chi connectivity index (χ3v) is 6.93. The molecule has 0 aliphatic carbocycles. The number of benzene rings is 2. The van der Waals surface area contributed by atoms with Gasteiger partial charge in [0.15, 0.2) is 0 Å². The molecule has 0 bridgehead atoms. The van der Waals surface area contributed by atoms with Gasteiger partial charge in [-0.3, -0.25) is 4.79 Å². The first-order chi connectivity index (χ1) is 14.8. The molecule has 1 aliphatic heterocycles. The number of morpholine rings is 1. The first kappa shape index (κ1) is 23.2. The minimum atomic E-state index is -3.70. The van der Waals surface area contributed by atoms with Crippen molar-refractivity contribution in [3.05, 3.63) is 60.2 Å². The van der Waals surface area contributed by atoms with Crippen molar-refractivity contribution in [3.63, 3.8) is 0 Å². The van der Waals surface area contributed by atoms with Crippen LogP contribution < -0.4 is 4.74 Å². The minimum absolute atomic E-state index is 0.125. The summed E-state index contributed by atoms with van der Waals surface area (Å²) in [7, 11) is -1.99. The van der Waals surface area contributed by atoms with Gasteiger partial charge in [0.2, 0.25) is 10.0 Å². The lowest BCUT2D eigenvalue weighted by molar-refractivity contribution is -0.0440. The summed E-state index contributed by atoms with van der Waals surface area (Å²) < 4.78 is 38.9. The van der Waals surface area contributed by atoms with E-state index in [4.69, 9.17) is 9.47 Å². The van der Waals surface area contributed by atoms with Crippen molar-refractivity contribution in [1.82, 2.24) is 9.21 Å². The van der Waals surface area contributed by atoms with E-state index < -0.39 is 10.0 Å². The first-order valence-electron chi connectivity index (χ1n) is 10.5. The number of rotatable bonds is 8. The number of carbonyl (C=O) groups excluding carboxylic acids is 1. The van der Waals surface area contributed by atoms with Gasteiger partial charge in [0, 0.05) is 32.2 Å². The van der Waals surface area contributed by atoms with Crippen LogP contribution in [-0.4, -0.2) is 69.0 Å². The predicted octanol–water partition coefficient (Wildman–Crippen LogP) is 3.03. The average molecular weight is 447 g/mol. The van der Waals surface area contributed by atoms with Crippen LogP contribution in [0, 0.1) is 0 Å². The normalized spacial score (nSPS) is 19.7. The van der Waals surface area contributed by atoms with Crippen LogP contribution in [0.5, 0.6) is 5.75 Å². The fourth-order valence-electron chi connectivity index (χ4n) is 3.60. The van der Waals surface area contributed by atoms with Crippen LogP contribution in [0.3, 0.4) is 0 Å². The Hall–Kier alpha value is -2.42. The Balaban J connectivity index is 1.61. The van der Waals surface area contributed by atoms with E-state index in [1.807, 2.05) is 44.2 Å². The van der Waals surface area contributed by atoms with Gasteiger partial charge in [0.05, 0.1) is 23.7 Å². The molecular weight excluding hydrogens is 416 g/mol. The lowest BCUT2D eigenvalue weighted by atomic mass is 10.2. The molecule has 0 spiro atoms. The first-order valence-corrected chi connectivity index (χ1v) is 11.9. The van der Waals surface area contributed by atoms with Gasteiger partial charge < -0.3 is 14.4 Å². The van der Waals surface area contributed by atoms with Crippen LogP contribution >= 0.6 is 0 Å². The summed E-state index contributed by atoms with van der Waals surface area (Å²) in [5.41, 5.74) is 0.349. The van der Waals surface area contributed by atoms with Crippen molar-refractivity contribution in [2.75, 3.05) is 33.3 Å². The third-order valence-electron chi connectivity index (χ3n) is 5.10. The van der Waals surface area contributed by atoms with Gasteiger partial charge >= 0.3 is 0 Å². The molecule has 0 aromatic heterocycles. The van der Waals surface area contributed by atoms with Crippen molar-refractivity contribution < 1.29 is 22.7 Å². The summed E-state index contributed by atoms with van der Waals surface area (Å²) in [4.78, 5) is 14.5. The Morgan fingerprint density at radius 1 is 1.10 bits per heavy atom. The zero-order valence-corrected chi connectivity index (χ0v) is 19.0. The van der Waals surface area contributed by atoms with Gasteiger partial charge in [-0.05, 0) is 50.6 Å². The number of para-hydroxylation sites is 1. The van der Waals surface area contributed by atoms with Gasteiger partial charge in [-0.2, -0.15) is 4.31 Å². The number of sulfonamides is 1. The van der Waals surface area contributed by atoms with Crippen LogP contribution in [0.15, 0.2) is 59.5 Å². The molecule has 2 aromatic rings. The van der Waals surface area contributed by atoms with Crippen LogP contribution in [0.25, 0.3) is 0 Å². The predicted molar refractivity (Wildman–Crippen MR) is 119 cm³/mol. The van der Waals surface area contributed by atoms with E-state index >= 15 is 0 Å². The summed E-state index contributed by atoms with van der Waals surface area (Å²) in [5.74, 6) is 0.571. The van der Waals surface area contributed by atoms with E-state index in [9.17, 15) is 13.2 Å². The molecule has 8 heteroatoms. The SMILES string of the molecule is CC1CN(S(=O)(=O)c2cccc(C(=O)N(C)CCCOc3ccccc3)c2)CC(C)O1. The largest absolute Gasteiger partial charge is 0.494 e. The van der Waals surface area contributed by atoms with E-state index in [0.717, 1.165) is 5.75 Å². The molecule has 0 N–H and O–H groups in total. The number of hydrogen-bond acceptors (Lipinski definition) is 5. The highest BCUT2D eigenvalue weighted by atomic mass is 32.2. The van der Waals surface area contributed by atoms with Gasteiger partial charge in [-0.1, -0.05) is 24.3 Å². The molecule has 1 aliphatic rings. The van der Waals surface area contributed by atoms with Crippen molar-refractivity contribution >= 4 is 15.9 Å². The smallest absolute Gasteiger partial charge is 0.253 e. The second-order valence-corrected chi connectivity index (χ2v) is 9.79. The molecule has 0 radical (unpaired) electrons. The summed E-state index contributed by atoms with van der Waals surface area (Å²) in [6.45, 7) is 5.30. The monoisotopic (exact) mass is 446 g/mol. The number of hydrogen-bond donors (Lipinski definition) is 0. The second-order valence-electron chi connectivity index (χ2n) is 7.85. The molecule has 2 unspecified atom stereocenters. The molecule has 168 valence electrons. The quantitative estimate of drug-likeness (QED) is 0.583. The third kappa shape index (κ3) is 6.06. The number of nitrogens with zero attached hydrogens (tertiary/aromatic N) is 2. The molecule has 0 saturated carbocycles. The molecule has 31 heavy (non-hydrogen) atoms. The number of carbonyl (C=O) groups is 1. The maximum absolute atomic E-state index is 13.1. The summed E-state index contributed by atoms with van der Waals surface area (Å²) in [6.07, 6.45) is 0.318. The highest BCUT2D eigenvalue weighted by Crippen LogP contribution is 2.22. The summed E-state index contributed by atoms with van der Waals surface area (Å²) >= 11 is 0. The molecule has 1 amide bonds. The molecule has 1 fully saturated rings. The maximum atomic E-state index is 13.1. The zero-order chi connectivity index (χ0) is 22.4. The lowest BCUT2D eigenvalue weighted by Crippen LogP contribution is -2.48. The van der Waals surface area contributed by atoms with Crippen molar-refractivity contribution in [2.24, 2.45) is 0 Å². The van der Waals surface area contributed by atoms with E-state index in [1.165, 1.54) is 16.4 Å². The minimum Gasteiger partial charge on any atom is -0.494 e. The van der Waals surface area contributed by atoms with Crippen LogP contribution in [0.2, 0.25) is 0 Å². The molecule has 2 aromatic carbocycles. The summed E-state index contributed by atoms with van der Waals surface area (Å²) in [5, 5.41) is 0. The van der Waals surface area contributed by atoms with Crippen LogP contribution in [0.1, 0.15) is 30.6 Å². The van der Waals surface area contributed by atoms with Crippen molar-refractivity contribution in [1.29, 1.82) is 0 Å². The van der Waals surface area contributed by atoms with Crippen LogP contribution in [-0.2, 0) is 14.8 Å². The maximum Gasteiger partial charge on any atom is 0.253 e. The molecule has 2 atom stereocenters. The van der Waals surface area contributed by atoms with Gasteiger partial charge in [0.25, 0.3) is 5.91 Å². The van der Waals surface area contributed by atoms with Gasteiger partial charge in [-0.25, -0.2) is 8.42 Å². The van der Waals surface area contributed by atoms with Crippen molar-refractivity contribution in [3.8, 4) is 5.75 Å². The Bertz CT molecular complexity index is 970. The number of amides is 1. The Kier molecular flexibility index (Phi) is 7.69. The molecule has 7 nitrogen and oxygen atoms in total. The highest BCUT2D eigenvalue weighted by molar-refractivity contribution is 7.89. The highest BCUT2D eigenvalue weighted by Gasteiger charge is 2.32. The molecule has 3 rings (SSSR count). The summed E-state index contributed by atoms with van der Waals surface area (Å²) in [6, 6.07) is 15.8. The standard InChI is InChI=1S/C23H30N2O5S/c1-18-16-25(17-19(2)30-18)31(27,28)22-12-7-9-20(15-22)23(26)24(3)13-8-14-29-21-10-5-4-6-11-21/h4-7,9-12,15,18-19H,8,13-14,16-17H2,1-3H3. The Morgan fingerprint density at radius 3 is 2.45 bits per heavy atom. The second kappa shape index (κ2) is 10.3. The lowest BCUT2D eigenvalue weighted by Gasteiger charge is -2.34. The average Bonchev–Trinajstić information content (AvgIpc) is 2.76. The zero-order valence-electron chi connectivity index (χ0n) is 18.2. The Morgan fingerprint density at radius 2 is 1.77 bits per heavy atom. The molecule has 1 saturated heterocycles. The van der Waals surface area contributed by atoms with E-state index in [-0.39, 0.29) is 23.0 Å². The Labute approximate surface area is 184 Å². The van der Waals surface area contributed by atoms with Gasteiger partial charge in [0.1, 0.15) is 5.75 Å². The van der Waals surface area contributed by atoms with Gasteiger partial charge in [-0.15, -0.1) is 0 Å².